The van der Waals surface area contributed by atoms with Crippen LogP contribution in [0.3, 0.4) is 0 Å². The van der Waals surface area contributed by atoms with Crippen molar-refractivity contribution in [2.24, 2.45) is 0 Å². The van der Waals surface area contributed by atoms with E-state index in [-0.39, 0.29) is 21.7 Å². The topological polar surface area (TPSA) is 156 Å². The molecule has 2 aromatic carbocycles. The van der Waals surface area contributed by atoms with E-state index in [9.17, 15) is 8.78 Å². The van der Waals surface area contributed by atoms with E-state index in [4.69, 9.17) is 67.3 Å². The molecular formula is C42H44Cl4F2N10O2. The number of nitrogens with one attached hydrogen (secondary N) is 2. The number of aromatic nitrogens is 6. The summed E-state index contributed by atoms with van der Waals surface area (Å²) in [6.45, 7) is 7.42. The van der Waals surface area contributed by atoms with Crippen LogP contribution in [-0.4, -0.2) is 55.7 Å². The molecule has 2 saturated heterocycles. The third-order valence-electron chi connectivity index (χ3n) is 10.6. The molecule has 0 bridgehead atoms. The highest BCUT2D eigenvalue weighted by Crippen LogP contribution is 2.39. The Hall–Kier alpha value is -4.70. The predicted molar refractivity (Wildman–Crippen MR) is 233 cm³/mol. The summed E-state index contributed by atoms with van der Waals surface area (Å²) < 4.78 is 43.7. The summed E-state index contributed by atoms with van der Waals surface area (Å²) in [6.07, 6.45) is 13.9. The van der Waals surface area contributed by atoms with Crippen molar-refractivity contribution in [1.29, 1.82) is 0 Å². The fourth-order valence-corrected chi connectivity index (χ4v) is 8.62. The van der Waals surface area contributed by atoms with Gasteiger partial charge in [-0.25, -0.2) is 18.7 Å². The molecule has 2 fully saturated rings. The molecule has 8 rings (SSSR count). The van der Waals surface area contributed by atoms with Gasteiger partial charge >= 0.3 is 0 Å². The van der Waals surface area contributed by atoms with E-state index >= 15 is 0 Å². The number of rotatable bonds is 10. The van der Waals surface area contributed by atoms with Crippen molar-refractivity contribution in [1.82, 2.24) is 40.2 Å². The molecule has 2 atom stereocenters. The number of nitrogens with two attached hydrogens (primary N) is 2. The first-order valence-corrected chi connectivity index (χ1v) is 21.0. The van der Waals surface area contributed by atoms with Crippen molar-refractivity contribution in [2.45, 2.75) is 63.8 Å². The Morgan fingerprint density at radius 3 is 1.38 bits per heavy atom. The van der Waals surface area contributed by atoms with E-state index in [1.807, 2.05) is 34.2 Å². The molecule has 0 aliphatic carbocycles. The monoisotopic (exact) mass is 898 g/mol. The zero-order valence-corrected chi connectivity index (χ0v) is 35.8. The summed E-state index contributed by atoms with van der Waals surface area (Å²) in [5, 5.41) is 16.3. The first kappa shape index (κ1) is 43.4. The SMILES string of the molecule is C[C@@H](Oc1cc(-c2cnn(C3CCNCC3)c2)cnc1N)c1c(Cl)ccc(F)c1Cl.C[C@@H](Oc1cc(-c2cnn(C3CCNCC3)c2)cnc1N)c1c(Cl)ccc(F)c1Cl. The van der Waals surface area contributed by atoms with Crippen LogP contribution in [0.25, 0.3) is 22.3 Å². The Morgan fingerprint density at radius 2 is 1.00 bits per heavy atom. The number of nitrogen functional groups attached to an aromatic ring is 2. The van der Waals surface area contributed by atoms with E-state index in [2.05, 4.69) is 30.8 Å². The molecule has 12 nitrogen and oxygen atoms in total. The normalized spacial score (nSPS) is 15.9. The Morgan fingerprint density at radius 1 is 0.617 bits per heavy atom. The lowest BCUT2D eigenvalue weighted by Gasteiger charge is -2.22. The summed E-state index contributed by atoms with van der Waals surface area (Å²) in [5.74, 6) is 0.0605. The van der Waals surface area contributed by atoms with Gasteiger partial charge in [-0.15, -0.1) is 0 Å². The predicted octanol–water partition coefficient (Wildman–Crippen LogP) is 10.1. The van der Waals surface area contributed by atoms with E-state index in [0.717, 1.165) is 74.1 Å². The highest BCUT2D eigenvalue weighted by molar-refractivity contribution is 6.36. The summed E-state index contributed by atoms with van der Waals surface area (Å²) in [4.78, 5) is 8.50. The highest BCUT2D eigenvalue weighted by Gasteiger charge is 2.23. The maximum Gasteiger partial charge on any atom is 0.166 e. The molecular weight excluding hydrogens is 856 g/mol. The van der Waals surface area contributed by atoms with Gasteiger partial charge in [-0.05, 0) is 102 Å². The molecule has 0 unspecified atom stereocenters. The lowest BCUT2D eigenvalue weighted by atomic mass is 10.1. The highest BCUT2D eigenvalue weighted by atomic mass is 35.5. The van der Waals surface area contributed by atoms with Crippen LogP contribution in [0.1, 0.15) is 74.9 Å². The quantitative estimate of drug-likeness (QED) is 0.0977. The zero-order valence-electron chi connectivity index (χ0n) is 32.8. The summed E-state index contributed by atoms with van der Waals surface area (Å²) in [6, 6.07) is 9.70. The van der Waals surface area contributed by atoms with Gasteiger partial charge < -0.3 is 31.6 Å². The molecule has 0 saturated carbocycles. The van der Waals surface area contributed by atoms with E-state index in [0.29, 0.717) is 44.8 Å². The van der Waals surface area contributed by atoms with Crippen LogP contribution in [0, 0.1) is 11.6 Å². The average molecular weight is 901 g/mol. The second kappa shape index (κ2) is 19.3. The van der Waals surface area contributed by atoms with Crippen molar-refractivity contribution in [3.63, 3.8) is 0 Å². The van der Waals surface area contributed by atoms with E-state index < -0.39 is 23.8 Å². The second-order valence-corrected chi connectivity index (χ2v) is 16.2. The number of hydrogen-bond acceptors (Lipinski definition) is 10. The van der Waals surface area contributed by atoms with Crippen LogP contribution in [0.4, 0.5) is 20.4 Å². The van der Waals surface area contributed by atoms with Crippen LogP contribution in [0.2, 0.25) is 20.1 Å². The Labute approximate surface area is 366 Å². The van der Waals surface area contributed by atoms with E-state index in [1.165, 1.54) is 24.3 Å². The molecule has 2 aliphatic heterocycles. The minimum Gasteiger partial charge on any atom is -0.482 e. The van der Waals surface area contributed by atoms with Crippen LogP contribution < -0.4 is 31.6 Å². The summed E-state index contributed by atoms with van der Waals surface area (Å²) >= 11 is 24.6. The van der Waals surface area contributed by atoms with Crippen LogP contribution >= 0.6 is 46.4 Å². The lowest BCUT2D eigenvalue weighted by molar-refractivity contribution is 0.227. The largest absolute Gasteiger partial charge is 0.482 e. The van der Waals surface area contributed by atoms with Gasteiger partial charge in [-0.1, -0.05) is 46.4 Å². The molecule has 0 radical (unpaired) electrons. The third-order valence-corrected chi connectivity index (χ3v) is 12.0. The molecule has 60 heavy (non-hydrogen) atoms. The average Bonchev–Trinajstić information content (AvgIpc) is 3.95. The molecule has 6 heterocycles. The molecule has 6 N–H and O–H groups in total. The standard InChI is InChI=1S/2C21H22Cl2FN5O/c2*1-12(19-16(22)2-3-17(24)20(19)23)30-18-8-13(9-27-21(18)25)14-10-28-29(11-14)15-4-6-26-7-5-15/h2*2-3,8-12,15,26H,4-7H2,1H3,(H2,25,27)/t2*12-/m11/s1. The van der Waals surface area contributed by atoms with Gasteiger partial charge in [0.2, 0.25) is 0 Å². The van der Waals surface area contributed by atoms with Crippen LogP contribution in [-0.2, 0) is 0 Å². The number of halogens is 6. The minimum absolute atomic E-state index is 0.0686. The van der Waals surface area contributed by atoms with Crippen molar-refractivity contribution >= 4 is 58.0 Å². The number of anilines is 2. The maximum atomic E-state index is 13.9. The fourth-order valence-electron chi connectivity index (χ4n) is 7.26. The van der Waals surface area contributed by atoms with Gasteiger partial charge in [0.25, 0.3) is 0 Å². The number of hydrogen-bond donors (Lipinski definition) is 4. The van der Waals surface area contributed by atoms with Crippen molar-refractivity contribution in [2.75, 3.05) is 37.6 Å². The molecule has 0 amide bonds. The van der Waals surface area contributed by atoms with Crippen molar-refractivity contribution in [3.8, 4) is 33.8 Å². The number of pyridine rings is 2. The van der Waals surface area contributed by atoms with Gasteiger partial charge in [0.15, 0.2) is 23.1 Å². The van der Waals surface area contributed by atoms with Crippen molar-refractivity contribution in [3.05, 3.63) is 116 Å². The molecule has 18 heteroatoms. The number of ether oxygens (including phenoxy) is 2. The minimum atomic E-state index is -0.627. The number of piperidine rings is 2. The molecule has 0 spiro atoms. The van der Waals surface area contributed by atoms with Gasteiger partial charge in [-0.2, -0.15) is 10.2 Å². The van der Waals surface area contributed by atoms with Gasteiger partial charge in [0.1, 0.15) is 23.8 Å². The maximum absolute atomic E-state index is 13.9. The Balaban J connectivity index is 0.000000181. The summed E-state index contributed by atoms with van der Waals surface area (Å²) in [5.41, 5.74) is 16.2. The first-order chi connectivity index (χ1) is 28.9. The van der Waals surface area contributed by atoms with Gasteiger partial charge in [0, 0.05) is 68.2 Å². The smallest absolute Gasteiger partial charge is 0.166 e. The molecule has 2 aliphatic rings. The van der Waals surface area contributed by atoms with Gasteiger partial charge in [-0.3, -0.25) is 9.36 Å². The number of benzene rings is 2. The van der Waals surface area contributed by atoms with Gasteiger partial charge in [0.05, 0.1) is 34.5 Å². The first-order valence-electron chi connectivity index (χ1n) is 19.5. The Bertz CT molecular complexity index is 2270. The Kier molecular flexibility index (Phi) is 14.0. The van der Waals surface area contributed by atoms with E-state index in [1.54, 1.807) is 38.4 Å². The number of nitrogens with zero attached hydrogens (tertiary/aromatic N) is 6. The fraction of sp³-hybridized carbons (Fsp3) is 0.333. The summed E-state index contributed by atoms with van der Waals surface area (Å²) in [7, 11) is 0. The van der Waals surface area contributed by atoms with Crippen LogP contribution in [0.15, 0.2) is 73.6 Å². The molecule has 6 aromatic rings. The molecule has 316 valence electrons. The lowest BCUT2D eigenvalue weighted by Crippen LogP contribution is -2.29. The third kappa shape index (κ3) is 9.91. The van der Waals surface area contributed by atoms with Crippen LogP contribution in [0.5, 0.6) is 11.5 Å². The zero-order chi connectivity index (χ0) is 42.5. The second-order valence-electron chi connectivity index (χ2n) is 14.6. The molecule has 4 aromatic heterocycles. The van der Waals surface area contributed by atoms with Crippen molar-refractivity contribution < 1.29 is 18.3 Å².